The number of fused-ring (bicyclic) bond motifs is 1. The van der Waals surface area contributed by atoms with E-state index in [1.165, 1.54) is 30.3 Å². The molecule has 0 saturated carbocycles. The minimum atomic E-state index is -0.586. The van der Waals surface area contributed by atoms with Gasteiger partial charge >= 0.3 is 0 Å². The summed E-state index contributed by atoms with van der Waals surface area (Å²) in [5.41, 5.74) is 9.71. The summed E-state index contributed by atoms with van der Waals surface area (Å²) in [6.45, 7) is 3.68. The highest BCUT2D eigenvalue weighted by atomic mass is 19.1. The Kier molecular flexibility index (Phi) is 9.56. The third-order valence-electron chi connectivity index (χ3n) is 7.24. The zero-order valence-electron chi connectivity index (χ0n) is 23.5. The van der Waals surface area contributed by atoms with Gasteiger partial charge in [-0.25, -0.2) is 8.78 Å². The second kappa shape index (κ2) is 13.3. The molecule has 0 saturated heterocycles. The summed E-state index contributed by atoms with van der Waals surface area (Å²) in [7, 11) is 0. The van der Waals surface area contributed by atoms with Crippen LogP contribution in [-0.4, -0.2) is 41.7 Å². The summed E-state index contributed by atoms with van der Waals surface area (Å²) in [5, 5.41) is 10.8. The van der Waals surface area contributed by atoms with E-state index in [1.807, 2.05) is 0 Å². The molecule has 4 rings (SSSR count). The third kappa shape index (κ3) is 7.31. The van der Waals surface area contributed by atoms with E-state index in [-0.39, 0.29) is 42.8 Å². The molecule has 12 heteroatoms. The number of hydrogen-bond donors (Lipinski definition) is 6. The van der Waals surface area contributed by atoms with Crippen LogP contribution in [0.1, 0.15) is 64.5 Å². The quantitative estimate of drug-likeness (QED) is 0.142. The second-order valence-corrected chi connectivity index (χ2v) is 10.3. The zero-order valence-corrected chi connectivity index (χ0v) is 23.5. The molecule has 3 aromatic rings. The molecule has 42 heavy (non-hydrogen) atoms. The van der Waals surface area contributed by atoms with Crippen LogP contribution in [-0.2, 0) is 20.8 Å². The second-order valence-electron chi connectivity index (χ2n) is 10.3. The Morgan fingerprint density at radius 1 is 0.952 bits per heavy atom. The van der Waals surface area contributed by atoms with Gasteiger partial charge in [-0.2, -0.15) is 0 Å². The highest BCUT2D eigenvalue weighted by Gasteiger charge is 2.32. The molecule has 1 aromatic heterocycles. The van der Waals surface area contributed by atoms with E-state index in [4.69, 9.17) is 5.73 Å². The Labute approximate surface area is 241 Å². The largest absolute Gasteiger partial charge is 0.397 e. The van der Waals surface area contributed by atoms with Crippen molar-refractivity contribution in [1.29, 1.82) is 0 Å². The van der Waals surface area contributed by atoms with Crippen molar-refractivity contribution in [1.82, 2.24) is 15.6 Å². The number of nitrogens with one attached hydrogen (secondary N) is 5. The maximum Gasteiger partial charge on any atom is 0.253 e. The Hall–Kier alpha value is -4.74. The number of anilines is 3. The highest BCUT2D eigenvalue weighted by Crippen LogP contribution is 2.36. The van der Waals surface area contributed by atoms with E-state index < -0.39 is 23.5 Å². The van der Waals surface area contributed by atoms with Crippen molar-refractivity contribution in [3.8, 4) is 0 Å². The van der Waals surface area contributed by atoms with Crippen molar-refractivity contribution < 1.29 is 28.0 Å². The molecule has 222 valence electrons. The van der Waals surface area contributed by atoms with Crippen LogP contribution in [0.25, 0.3) is 0 Å². The van der Waals surface area contributed by atoms with Crippen molar-refractivity contribution in [3.05, 3.63) is 76.1 Å². The predicted octanol–water partition coefficient (Wildman–Crippen LogP) is 3.82. The summed E-state index contributed by atoms with van der Waals surface area (Å²) in [6, 6.07) is 7.94. The molecule has 7 N–H and O–H groups in total. The van der Waals surface area contributed by atoms with Crippen LogP contribution >= 0.6 is 0 Å². The van der Waals surface area contributed by atoms with Gasteiger partial charge in [0.1, 0.15) is 11.6 Å². The molecular formula is C30H34F2N6O4. The molecule has 1 atom stereocenters. The molecule has 1 aliphatic heterocycles. The summed E-state index contributed by atoms with van der Waals surface area (Å²) < 4.78 is 26.9. The van der Waals surface area contributed by atoms with Crippen molar-refractivity contribution in [2.45, 2.75) is 51.9 Å². The first kappa shape index (κ1) is 30.2. The number of nitrogens with two attached hydrogens (primary N) is 1. The molecule has 0 spiro atoms. The third-order valence-corrected chi connectivity index (χ3v) is 7.24. The SMILES string of the molecule is Cc1[nH]c(CC2C(=O)Nc3ccc(F)cc32)c(C)c1C(=O)NCC(=O)NCCCCCC(=O)Nc1ccc(F)cc1N. The van der Waals surface area contributed by atoms with Crippen LogP contribution in [0, 0.1) is 25.5 Å². The van der Waals surface area contributed by atoms with Crippen LogP contribution in [0.4, 0.5) is 25.8 Å². The van der Waals surface area contributed by atoms with E-state index in [0.717, 1.165) is 6.07 Å². The lowest BCUT2D eigenvalue weighted by atomic mass is 9.94. The number of halogens is 2. The van der Waals surface area contributed by atoms with Crippen molar-refractivity contribution in [2.75, 3.05) is 29.5 Å². The number of carbonyl (C=O) groups is 4. The predicted molar refractivity (Wildman–Crippen MR) is 155 cm³/mol. The van der Waals surface area contributed by atoms with E-state index in [0.29, 0.717) is 65.3 Å². The number of benzene rings is 2. The van der Waals surface area contributed by atoms with Gasteiger partial charge in [-0.3, -0.25) is 19.2 Å². The number of unbranched alkanes of at least 4 members (excludes halogenated alkanes) is 2. The van der Waals surface area contributed by atoms with Gasteiger partial charge in [0.15, 0.2) is 0 Å². The average molecular weight is 581 g/mol. The molecule has 0 fully saturated rings. The fourth-order valence-electron chi connectivity index (χ4n) is 5.05. The van der Waals surface area contributed by atoms with Crippen molar-refractivity contribution in [2.24, 2.45) is 0 Å². The highest BCUT2D eigenvalue weighted by molar-refractivity contribution is 6.03. The Morgan fingerprint density at radius 2 is 1.69 bits per heavy atom. The molecule has 2 heterocycles. The molecular weight excluding hydrogens is 546 g/mol. The van der Waals surface area contributed by atoms with Crippen LogP contribution in [0.3, 0.4) is 0 Å². The topological polar surface area (TPSA) is 158 Å². The van der Waals surface area contributed by atoms with Gasteiger partial charge in [-0.15, -0.1) is 0 Å². The van der Waals surface area contributed by atoms with Crippen LogP contribution < -0.4 is 27.0 Å². The van der Waals surface area contributed by atoms with Gasteiger partial charge in [0.25, 0.3) is 5.91 Å². The number of nitrogen functional groups attached to an aromatic ring is 1. The number of rotatable bonds is 12. The number of aromatic nitrogens is 1. The Bertz CT molecular complexity index is 1520. The fourth-order valence-corrected chi connectivity index (χ4v) is 5.05. The molecule has 10 nitrogen and oxygen atoms in total. The summed E-state index contributed by atoms with van der Waals surface area (Å²) in [5.74, 6) is -2.72. The number of amides is 4. The van der Waals surface area contributed by atoms with Crippen LogP contribution in [0.15, 0.2) is 36.4 Å². The first-order valence-electron chi connectivity index (χ1n) is 13.7. The minimum Gasteiger partial charge on any atom is -0.397 e. The molecule has 1 unspecified atom stereocenters. The van der Waals surface area contributed by atoms with Crippen molar-refractivity contribution in [3.63, 3.8) is 0 Å². The number of carbonyl (C=O) groups excluding carboxylic acids is 4. The standard InChI is InChI=1S/C30H34F2N6O4/c1-16-25(14-21-20-12-18(31)7-9-23(20)38-29(21)41)36-17(2)28(16)30(42)35-15-27(40)34-11-5-3-4-6-26(39)37-24-10-8-19(32)13-22(24)33/h7-10,12-13,21,36H,3-6,11,14-15,33H2,1-2H3,(H,34,40)(H,35,42)(H,37,39)(H,38,41). The Balaban J connectivity index is 1.17. The first-order valence-corrected chi connectivity index (χ1v) is 13.7. The summed E-state index contributed by atoms with van der Waals surface area (Å²) >= 11 is 0. The summed E-state index contributed by atoms with van der Waals surface area (Å²) in [4.78, 5) is 52.9. The minimum absolute atomic E-state index is 0.155. The van der Waals surface area contributed by atoms with E-state index in [1.54, 1.807) is 13.8 Å². The normalized spacial score (nSPS) is 13.8. The van der Waals surface area contributed by atoms with Crippen LogP contribution in [0.5, 0.6) is 0 Å². The first-order chi connectivity index (χ1) is 20.0. The molecule has 1 aliphatic rings. The smallest absolute Gasteiger partial charge is 0.253 e. The van der Waals surface area contributed by atoms with Gasteiger partial charge in [-0.1, -0.05) is 6.42 Å². The van der Waals surface area contributed by atoms with E-state index >= 15 is 0 Å². The van der Waals surface area contributed by atoms with Crippen LogP contribution in [0.2, 0.25) is 0 Å². The number of H-pyrrole nitrogens is 1. The maximum absolute atomic E-state index is 13.8. The Morgan fingerprint density at radius 3 is 2.45 bits per heavy atom. The zero-order chi connectivity index (χ0) is 30.4. The molecule has 0 radical (unpaired) electrons. The van der Waals surface area contributed by atoms with Gasteiger partial charge < -0.3 is 32.0 Å². The van der Waals surface area contributed by atoms with Gasteiger partial charge in [-0.05, 0) is 74.2 Å². The maximum atomic E-state index is 13.8. The molecule has 0 bridgehead atoms. The number of aromatic amines is 1. The van der Waals surface area contributed by atoms with Crippen molar-refractivity contribution >= 4 is 40.7 Å². The fraction of sp³-hybridized carbons (Fsp3) is 0.333. The lowest BCUT2D eigenvalue weighted by Crippen LogP contribution is -2.37. The summed E-state index contributed by atoms with van der Waals surface area (Å²) in [6.07, 6.45) is 2.46. The van der Waals surface area contributed by atoms with E-state index in [9.17, 15) is 28.0 Å². The monoisotopic (exact) mass is 580 g/mol. The number of hydrogen-bond acceptors (Lipinski definition) is 5. The van der Waals surface area contributed by atoms with Gasteiger partial charge in [0, 0.05) is 36.5 Å². The lowest BCUT2D eigenvalue weighted by molar-refractivity contribution is -0.120. The molecule has 4 amide bonds. The number of aryl methyl sites for hydroxylation is 1. The average Bonchev–Trinajstić information content (AvgIpc) is 3.40. The molecule has 2 aromatic carbocycles. The lowest BCUT2D eigenvalue weighted by Gasteiger charge is -2.10. The van der Waals surface area contributed by atoms with Gasteiger partial charge in [0.05, 0.1) is 29.4 Å². The van der Waals surface area contributed by atoms with E-state index in [2.05, 4.69) is 26.3 Å². The molecule has 0 aliphatic carbocycles. The van der Waals surface area contributed by atoms with Gasteiger partial charge in [0.2, 0.25) is 17.7 Å².